The third-order valence-electron chi connectivity index (χ3n) is 5.04. The van der Waals surface area contributed by atoms with Crippen LogP contribution in [0.15, 0.2) is 46.0 Å². The highest BCUT2D eigenvalue weighted by Gasteiger charge is 2.21. The molecule has 1 aliphatic heterocycles. The third kappa shape index (κ3) is 4.05. The zero-order chi connectivity index (χ0) is 19.5. The Kier molecular flexibility index (Phi) is 5.64. The minimum atomic E-state index is 0.0659. The first-order valence-corrected chi connectivity index (χ1v) is 10.4. The van der Waals surface area contributed by atoms with Crippen molar-refractivity contribution in [2.45, 2.75) is 44.6 Å². The lowest BCUT2D eigenvalue weighted by Gasteiger charge is -2.14. The van der Waals surface area contributed by atoms with E-state index in [2.05, 4.69) is 14.8 Å². The molecule has 1 aliphatic rings. The predicted molar refractivity (Wildman–Crippen MR) is 108 cm³/mol. The van der Waals surface area contributed by atoms with Gasteiger partial charge in [0.15, 0.2) is 5.78 Å². The maximum atomic E-state index is 12.8. The van der Waals surface area contributed by atoms with Crippen LogP contribution in [0.5, 0.6) is 0 Å². The van der Waals surface area contributed by atoms with Crippen LogP contribution in [-0.2, 0) is 11.3 Å². The Morgan fingerprint density at radius 2 is 2.07 bits per heavy atom. The molecule has 0 radical (unpaired) electrons. The van der Waals surface area contributed by atoms with Gasteiger partial charge in [0, 0.05) is 35.7 Å². The summed E-state index contributed by atoms with van der Waals surface area (Å²) in [6, 6.07) is 11.6. The lowest BCUT2D eigenvalue weighted by Crippen LogP contribution is -2.17. The van der Waals surface area contributed by atoms with Gasteiger partial charge in [-0.25, -0.2) is 0 Å². The summed E-state index contributed by atoms with van der Waals surface area (Å²) < 4.78 is 13.6. The fourth-order valence-electron chi connectivity index (χ4n) is 3.53. The van der Waals surface area contributed by atoms with E-state index in [0.717, 1.165) is 48.5 Å². The minimum Gasteiger partial charge on any atom is -0.411 e. The number of carbonyl (C=O) groups excluding carboxylic acids is 1. The van der Waals surface area contributed by atoms with E-state index in [1.54, 1.807) is 0 Å². The van der Waals surface area contributed by atoms with Crippen molar-refractivity contribution in [3.63, 3.8) is 0 Å². The number of Topliss-reactive ketones (excluding diaryl/α,β-unsaturated/α-hetero) is 1. The van der Waals surface area contributed by atoms with Crippen LogP contribution in [0, 0.1) is 13.8 Å². The standard InChI is InChI=1S/C21H23N3O3S/c1-14-11-18(15(2)24(14)12-17-9-6-10-26-17)19(25)13-28-21-23-22-20(27-21)16-7-4-3-5-8-16/h3-5,7-8,11,17H,6,9-10,12-13H2,1-2H3. The van der Waals surface area contributed by atoms with E-state index in [0.29, 0.717) is 11.1 Å². The van der Waals surface area contributed by atoms with Crippen LogP contribution in [0.25, 0.3) is 11.5 Å². The molecule has 4 rings (SSSR count). The number of ketones is 1. The van der Waals surface area contributed by atoms with E-state index < -0.39 is 0 Å². The molecule has 0 aliphatic carbocycles. The summed E-state index contributed by atoms with van der Waals surface area (Å²) in [6.07, 6.45) is 2.44. The Hall–Kier alpha value is -2.38. The molecule has 0 spiro atoms. The van der Waals surface area contributed by atoms with Crippen LogP contribution in [-0.4, -0.2) is 39.0 Å². The smallest absolute Gasteiger partial charge is 0.277 e. The van der Waals surface area contributed by atoms with Crippen molar-refractivity contribution in [3.05, 3.63) is 53.3 Å². The summed E-state index contributed by atoms with van der Waals surface area (Å²) >= 11 is 1.27. The van der Waals surface area contributed by atoms with Gasteiger partial charge in [0.05, 0.1) is 11.9 Å². The molecule has 28 heavy (non-hydrogen) atoms. The zero-order valence-corrected chi connectivity index (χ0v) is 16.9. The quantitative estimate of drug-likeness (QED) is 0.437. The van der Waals surface area contributed by atoms with Crippen LogP contribution in [0.2, 0.25) is 0 Å². The number of ether oxygens (including phenoxy) is 1. The zero-order valence-electron chi connectivity index (χ0n) is 16.1. The number of hydrogen-bond acceptors (Lipinski definition) is 6. The van der Waals surface area contributed by atoms with Crippen molar-refractivity contribution in [3.8, 4) is 11.5 Å². The average molecular weight is 398 g/mol. The number of aromatic nitrogens is 3. The summed E-state index contributed by atoms with van der Waals surface area (Å²) in [5.41, 5.74) is 3.70. The first-order chi connectivity index (χ1) is 13.6. The number of nitrogens with zero attached hydrogens (tertiary/aromatic N) is 3. The molecule has 1 unspecified atom stereocenters. The number of benzene rings is 1. The van der Waals surface area contributed by atoms with E-state index in [1.807, 2.05) is 50.2 Å². The second kappa shape index (κ2) is 8.32. The molecule has 6 nitrogen and oxygen atoms in total. The first-order valence-electron chi connectivity index (χ1n) is 9.45. The lowest BCUT2D eigenvalue weighted by atomic mass is 10.2. The Morgan fingerprint density at radius 3 is 2.82 bits per heavy atom. The minimum absolute atomic E-state index is 0.0659. The summed E-state index contributed by atoms with van der Waals surface area (Å²) in [6.45, 7) is 5.68. The summed E-state index contributed by atoms with van der Waals surface area (Å²) in [7, 11) is 0. The van der Waals surface area contributed by atoms with Gasteiger partial charge >= 0.3 is 0 Å². The maximum Gasteiger partial charge on any atom is 0.277 e. The van der Waals surface area contributed by atoms with Crippen LogP contribution >= 0.6 is 11.8 Å². The fraction of sp³-hybridized carbons (Fsp3) is 0.381. The second-order valence-corrected chi connectivity index (χ2v) is 7.91. The van der Waals surface area contributed by atoms with Gasteiger partial charge < -0.3 is 13.7 Å². The van der Waals surface area contributed by atoms with Gasteiger partial charge in [-0.05, 0) is 44.9 Å². The van der Waals surface area contributed by atoms with E-state index in [-0.39, 0.29) is 17.6 Å². The number of carbonyl (C=O) groups is 1. The molecule has 0 N–H and O–H groups in total. The molecule has 3 heterocycles. The van der Waals surface area contributed by atoms with Gasteiger partial charge in [0.25, 0.3) is 5.22 Å². The molecule has 7 heteroatoms. The highest BCUT2D eigenvalue weighted by atomic mass is 32.2. The van der Waals surface area contributed by atoms with Crippen molar-refractivity contribution in [1.29, 1.82) is 0 Å². The molecule has 146 valence electrons. The van der Waals surface area contributed by atoms with Crippen LogP contribution < -0.4 is 0 Å². The van der Waals surface area contributed by atoms with Crippen LogP contribution in [0.4, 0.5) is 0 Å². The highest BCUT2D eigenvalue weighted by Crippen LogP contribution is 2.25. The molecule has 0 amide bonds. The van der Waals surface area contributed by atoms with Gasteiger partial charge in [-0.2, -0.15) is 0 Å². The highest BCUT2D eigenvalue weighted by molar-refractivity contribution is 7.99. The third-order valence-corrected chi connectivity index (χ3v) is 5.86. The Labute approximate surface area is 168 Å². The topological polar surface area (TPSA) is 70.2 Å². The van der Waals surface area contributed by atoms with E-state index in [1.165, 1.54) is 11.8 Å². The summed E-state index contributed by atoms with van der Waals surface area (Å²) in [5, 5.41) is 8.51. The lowest BCUT2D eigenvalue weighted by molar-refractivity contribution is 0.0957. The van der Waals surface area contributed by atoms with Crippen molar-refractivity contribution >= 4 is 17.5 Å². The van der Waals surface area contributed by atoms with Crippen LogP contribution in [0.3, 0.4) is 0 Å². The van der Waals surface area contributed by atoms with Crippen molar-refractivity contribution in [2.24, 2.45) is 0 Å². The normalized spacial score (nSPS) is 16.6. The fourth-order valence-corrected chi connectivity index (χ4v) is 4.17. The van der Waals surface area contributed by atoms with Gasteiger partial charge in [-0.1, -0.05) is 30.0 Å². The molecule has 1 aromatic carbocycles. The molecule has 0 bridgehead atoms. The van der Waals surface area contributed by atoms with Gasteiger partial charge in [-0.3, -0.25) is 4.79 Å². The first kappa shape index (κ1) is 19.0. The molecular weight excluding hydrogens is 374 g/mol. The number of thioether (sulfide) groups is 1. The Morgan fingerprint density at radius 1 is 1.25 bits per heavy atom. The Bertz CT molecular complexity index is 959. The largest absolute Gasteiger partial charge is 0.411 e. The summed E-state index contributed by atoms with van der Waals surface area (Å²) in [4.78, 5) is 12.8. The molecule has 3 aromatic rings. The second-order valence-electron chi connectivity index (χ2n) is 6.98. The van der Waals surface area contributed by atoms with E-state index in [4.69, 9.17) is 9.15 Å². The van der Waals surface area contributed by atoms with Gasteiger partial charge in [0.2, 0.25) is 5.89 Å². The van der Waals surface area contributed by atoms with Gasteiger partial charge in [0.1, 0.15) is 0 Å². The SMILES string of the molecule is Cc1cc(C(=O)CSc2nnc(-c3ccccc3)o2)c(C)n1CC1CCCO1. The summed E-state index contributed by atoms with van der Waals surface area (Å²) in [5.74, 6) is 0.794. The van der Waals surface area contributed by atoms with E-state index >= 15 is 0 Å². The maximum absolute atomic E-state index is 12.8. The number of rotatable bonds is 7. The Balaban J connectivity index is 1.41. The molecule has 1 saturated heterocycles. The molecular formula is C21H23N3O3S. The molecule has 1 fully saturated rings. The van der Waals surface area contributed by atoms with Crippen LogP contribution in [0.1, 0.15) is 34.6 Å². The number of aryl methyl sites for hydroxylation is 1. The predicted octanol–water partition coefficient (Wildman–Crippen LogP) is 4.31. The van der Waals surface area contributed by atoms with Crippen molar-refractivity contribution < 1.29 is 13.9 Å². The molecule has 1 atom stereocenters. The van der Waals surface area contributed by atoms with Gasteiger partial charge in [-0.15, -0.1) is 10.2 Å². The van der Waals surface area contributed by atoms with E-state index in [9.17, 15) is 4.79 Å². The molecule has 2 aromatic heterocycles. The monoisotopic (exact) mass is 397 g/mol. The van der Waals surface area contributed by atoms with Crippen molar-refractivity contribution in [1.82, 2.24) is 14.8 Å². The molecule has 0 saturated carbocycles. The average Bonchev–Trinajstić information content (AvgIpc) is 3.45. The van der Waals surface area contributed by atoms with Crippen molar-refractivity contribution in [2.75, 3.05) is 12.4 Å². The number of hydrogen-bond donors (Lipinski definition) is 0.